The summed E-state index contributed by atoms with van der Waals surface area (Å²) in [6, 6.07) is 48.2. The molecule has 2 atom stereocenters. The topological polar surface area (TPSA) is 298 Å². The Morgan fingerprint density at radius 2 is 0.820 bits per heavy atom. The van der Waals surface area contributed by atoms with Crippen molar-refractivity contribution in [2.75, 3.05) is 26.8 Å². The molecule has 10 aromatic rings. The summed E-state index contributed by atoms with van der Waals surface area (Å²) in [5.74, 6) is -5.21. The third kappa shape index (κ3) is 27.4. The first-order valence-corrected chi connectivity index (χ1v) is 35.4. The number of Topliss-reactive ketones (excluding diaryl/α,β-unsaturated/α-hetero) is 3. The average Bonchev–Trinajstić information content (AvgIpc) is 0.781. The summed E-state index contributed by atoms with van der Waals surface area (Å²) in [5.41, 5.74) is 6.92. The molecule has 10 rings (SSSR count). The number of pyridine rings is 3. The number of anilines is 1. The van der Waals surface area contributed by atoms with E-state index in [4.69, 9.17) is 81.7 Å². The highest BCUT2D eigenvalue weighted by Crippen LogP contribution is 2.38. The number of carbonyl (C=O) groups excluding carboxylic acids is 5. The lowest BCUT2D eigenvalue weighted by Gasteiger charge is -2.26. The van der Waals surface area contributed by atoms with E-state index in [1.54, 1.807) is 96.1 Å². The maximum absolute atomic E-state index is 13.4. The molecule has 111 heavy (non-hydrogen) atoms. The second-order valence-corrected chi connectivity index (χ2v) is 27.9. The first-order chi connectivity index (χ1) is 54.9. The van der Waals surface area contributed by atoms with Crippen molar-refractivity contribution in [1.82, 2.24) is 13.7 Å². The predicted octanol–water partition coefficient (Wildman–Crippen LogP) is 18.3. The van der Waals surface area contributed by atoms with Crippen LogP contribution in [0.5, 0.6) is 17.2 Å². The number of nitrogens with zero attached hydrogens (tertiary/aromatic N) is 3. The number of aromatic carboxylic acids is 1. The molecular weight excluding hydrogens is 1550 g/mol. The maximum Gasteiger partial charge on any atom is 0.335 e. The van der Waals surface area contributed by atoms with E-state index in [0.717, 1.165) is 55.2 Å². The summed E-state index contributed by atoms with van der Waals surface area (Å²) >= 11 is 21.7. The van der Waals surface area contributed by atoms with Crippen LogP contribution in [0.25, 0.3) is 33.4 Å². The third-order valence-corrected chi connectivity index (χ3v) is 16.9. The van der Waals surface area contributed by atoms with Gasteiger partial charge in [0.05, 0.1) is 57.6 Å². The molecule has 4 N–H and O–H groups in total. The van der Waals surface area contributed by atoms with Gasteiger partial charge in [0.25, 0.3) is 16.7 Å². The van der Waals surface area contributed by atoms with Crippen LogP contribution in [0.15, 0.2) is 221 Å². The van der Waals surface area contributed by atoms with Crippen molar-refractivity contribution in [1.29, 1.82) is 0 Å². The van der Waals surface area contributed by atoms with Crippen LogP contribution in [0.1, 0.15) is 160 Å². The van der Waals surface area contributed by atoms with Gasteiger partial charge in [-0.15, -0.1) is 0 Å². The third-order valence-electron chi connectivity index (χ3n) is 15.5. The zero-order valence-corrected chi connectivity index (χ0v) is 64.4. The number of carbonyl (C=O) groups is 7. The van der Waals surface area contributed by atoms with Crippen molar-refractivity contribution < 1.29 is 79.8 Å². The van der Waals surface area contributed by atoms with Gasteiger partial charge < -0.3 is 44.2 Å². The second-order valence-electron chi connectivity index (χ2n) is 26.1. The highest BCUT2D eigenvalue weighted by Gasteiger charge is 2.30. The molecule has 2 unspecified atom stereocenters. The van der Waals surface area contributed by atoms with Crippen LogP contribution in [0.4, 0.5) is 5.69 Å². The monoisotopic (exact) mass is 1650 g/mol. The summed E-state index contributed by atoms with van der Waals surface area (Å²) in [4.78, 5) is 123. The maximum atomic E-state index is 13.4. The molecule has 0 aliphatic heterocycles. The molecule has 0 aliphatic carbocycles. The Morgan fingerprint density at radius 3 is 1.15 bits per heavy atom. The highest BCUT2D eigenvalue weighted by atomic mass is 79.9. The van der Waals surface area contributed by atoms with Gasteiger partial charge in [-0.3, -0.25) is 42.7 Å². The number of aromatic nitrogens is 3. The number of ketones is 3. The number of methoxy groups -OCH3 is 3. The van der Waals surface area contributed by atoms with Gasteiger partial charge in [0.15, 0.2) is 17.3 Å². The molecule has 0 fully saturated rings. The second kappa shape index (κ2) is 42.7. The number of aliphatic carboxylic acids is 1. The largest absolute Gasteiger partial charge is 0.495 e. The lowest BCUT2D eigenvalue weighted by molar-refractivity contribution is -0.159. The number of rotatable bonds is 21. The molecule has 0 amide bonds. The minimum atomic E-state index is -2.90. The van der Waals surface area contributed by atoms with Gasteiger partial charge in [-0.1, -0.05) is 157 Å². The highest BCUT2D eigenvalue weighted by molar-refractivity contribution is 9.08. The Balaban J connectivity index is 0.000000339. The van der Waals surface area contributed by atoms with E-state index in [2.05, 4.69) is 28.1 Å². The lowest BCUT2D eigenvalue weighted by Crippen LogP contribution is -2.36. The normalized spacial score (nSPS) is 12.6. The molecule has 586 valence electrons. The summed E-state index contributed by atoms with van der Waals surface area (Å²) in [6.45, 7) is 13.7. The minimum absolute atomic E-state index is 0. The Hall–Kier alpha value is -11.2. The van der Waals surface area contributed by atoms with Crippen LogP contribution in [-0.2, 0) is 48.6 Å². The summed E-state index contributed by atoms with van der Waals surface area (Å²) in [5, 5.41) is 20.0. The van der Waals surface area contributed by atoms with Crippen molar-refractivity contribution in [3.8, 4) is 50.6 Å². The number of halogens is 4. The molecule has 25 heteroatoms. The fourth-order valence-electron chi connectivity index (χ4n) is 10.6. The molecule has 3 heterocycles. The van der Waals surface area contributed by atoms with Gasteiger partial charge in [-0.2, -0.15) is 0 Å². The SMILES string of the molecule is BrCc1ccccc1.C.C.Nc1ccc(C(=O)O)cc1.[2H]C([2H])([2H])Oc1cn(C(Cc2ccccc2)C(=O)O)c(=O)cc1-c1cc(Cl)ccc1C(C)=O.[2H]C([2H])([2H])Oc1cn(C(Cc2ccccc2)C(=O)OC(C)(C)C)c(=O)cc1-c1cc(Cl)ccc1C(C)=O.[2H]C([2H])([2H])Oc1cn(CC(=O)OC(C)(C)C)c(=O)cc1-c1cc(Cl)ccc1C(C)=O. The molecule has 0 aliphatic rings. The number of carboxylic acid groups (broad SMARTS) is 2. The van der Waals surface area contributed by atoms with E-state index in [-0.39, 0.29) is 133 Å². The smallest absolute Gasteiger partial charge is 0.335 e. The van der Waals surface area contributed by atoms with E-state index >= 15 is 0 Å². The molecule has 0 saturated heterocycles. The molecule has 0 saturated carbocycles. The van der Waals surface area contributed by atoms with Crippen molar-refractivity contribution in [3.05, 3.63) is 292 Å². The number of hydrogen-bond donors (Lipinski definition) is 3. The average molecular weight is 1650 g/mol. The number of nitrogen functional groups attached to an aromatic ring is 1. The quantitative estimate of drug-likeness (QED) is 0.0261. The zero-order chi connectivity index (χ0) is 88.1. The van der Waals surface area contributed by atoms with Gasteiger partial charge in [0.2, 0.25) is 0 Å². The Morgan fingerprint density at radius 1 is 0.468 bits per heavy atom. The first-order valence-electron chi connectivity index (χ1n) is 37.6. The van der Waals surface area contributed by atoms with Gasteiger partial charge in [0, 0.05) is 90.5 Å². The fourth-order valence-corrected chi connectivity index (χ4v) is 11.5. The summed E-state index contributed by atoms with van der Waals surface area (Å²) < 4.78 is 97.1. The van der Waals surface area contributed by atoms with Crippen molar-refractivity contribution in [2.24, 2.45) is 0 Å². The van der Waals surface area contributed by atoms with Crippen molar-refractivity contribution in [2.45, 2.75) is 125 Å². The minimum Gasteiger partial charge on any atom is -0.495 e. The van der Waals surface area contributed by atoms with E-state index in [1.165, 1.54) is 99.3 Å². The van der Waals surface area contributed by atoms with Crippen molar-refractivity contribution >= 4 is 97.6 Å². The number of esters is 2. The number of alkyl halides is 1. The number of benzene rings is 7. The molecule has 0 radical (unpaired) electrons. The molecule has 0 bridgehead atoms. The molecule has 0 spiro atoms. The fraction of sp³-hybridized carbons (Fsp3) is 0.256. The van der Waals surface area contributed by atoms with Crippen LogP contribution in [0.3, 0.4) is 0 Å². The molecular formula is C86H92BrCl3N4O17. The summed E-state index contributed by atoms with van der Waals surface area (Å²) in [6.07, 6.45) is 3.43. The van der Waals surface area contributed by atoms with Crippen LogP contribution in [-0.4, -0.2) is 97.5 Å². The van der Waals surface area contributed by atoms with Gasteiger partial charge >= 0.3 is 23.9 Å². The van der Waals surface area contributed by atoms with E-state index in [0.29, 0.717) is 11.3 Å². The predicted molar refractivity (Wildman–Crippen MR) is 441 cm³/mol. The first kappa shape index (κ1) is 78.0. The van der Waals surface area contributed by atoms with E-state index in [1.807, 2.05) is 36.4 Å². The Bertz CT molecular complexity index is 5440. The Labute approximate surface area is 681 Å². The number of ether oxygens (including phenoxy) is 5. The molecule has 3 aromatic heterocycles. The number of carboxylic acids is 2. The van der Waals surface area contributed by atoms with Crippen LogP contribution in [0.2, 0.25) is 15.1 Å². The van der Waals surface area contributed by atoms with Crippen LogP contribution >= 0.6 is 50.7 Å². The van der Waals surface area contributed by atoms with Crippen molar-refractivity contribution in [3.63, 3.8) is 0 Å². The number of nitrogens with two attached hydrogens (primary N) is 1. The lowest BCUT2D eigenvalue weighted by atomic mass is 9.97. The van der Waals surface area contributed by atoms with E-state index in [9.17, 15) is 53.1 Å². The number of hydrogen-bond acceptors (Lipinski definition) is 16. The summed E-state index contributed by atoms with van der Waals surface area (Å²) in [7, 11) is -8.62. The van der Waals surface area contributed by atoms with Gasteiger partial charge in [-0.25, -0.2) is 14.4 Å². The Kier molecular flexibility index (Phi) is 30.0. The molecule has 7 aromatic carbocycles. The van der Waals surface area contributed by atoms with Gasteiger partial charge in [-0.05, 0) is 175 Å². The van der Waals surface area contributed by atoms with E-state index < -0.39 is 91.5 Å². The standard InChI is InChI=1S/C27H28ClNO5.C23H20ClNO5.C20H22ClNO5.C7H7Br.C7H7NO2.2CH4/c1-17(30)20-12-11-19(28)14-21(20)22-15-25(31)29(16-24(22)33-5)23(26(32)34-27(2,3)4)13-18-9-7-6-8-10-18;1-14(26)17-9-8-16(24)11-18(17)19-12-22(27)25(13-21(19)30-2)20(23(28)29)10-15-6-4-3-5-7-15;1-12(23)14-7-6-13(21)8-15(14)16-9-18(24)22(10-17(16)26-5)11-19(25)27-20(2,3)4;8-6-7-4-2-1-3-5-7;8-6-3-1-5(2-4-6)7(9)10;;/h6-12,14-16,23H,13H2,1-5H3;3-9,11-13,20H,10H2,1-2H3,(H,28,29);6-10H,11H2,1-5H3;1-5H,6H2;1-4H,8H2,(H,9,10);2*1H4/i5D3;2D3;5D3;;;;. The molecule has 21 nitrogen and oxygen atoms in total. The van der Waals surface area contributed by atoms with Crippen LogP contribution < -0.4 is 36.6 Å². The zero-order valence-electron chi connectivity index (χ0n) is 69.6. The van der Waals surface area contributed by atoms with Gasteiger partial charge in [0.1, 0.15) is 47.1 Å². The van der Waals surface area contributed by atoms with Crippen LogP contribution in [0, 0.1) is 0 Å².